The van der Waals surface area contributed by atoms with Crippen molar-refractivity contribution in [3.63, 3.8) is 0 Å². The fraction of sp³-hybridized carbons (Fsp3) is 0.659. The van der Waals surface area contributed by atoms with Gasteiger partial charge in [0, 0.05) is 18.4 Å². The molecule has 3 bridgehead atoms. The van der Waals surface area contributed by atoms with E-state index >= 15 is 0 Å². The van der Waals surface area contributed by atoms with Gasteiger partial charge in [0.2, 0.25) is 27.7 Å². The highest BCUT2D eigenvalue weighted by Gasteiger charge is 2.62. The van der Waals surface area contributed by atoms with E-state index in [1.54, 1.807) is 13.2 Å². The largest absolute Gasteiger partial charge is 0.497 e. The number of aryl methyl sites for hydroxylation is 1. The number of aromatic nitrogens is 2. The van der Waals surface area contributed by atoms with Crippen molar-refractivity contribution in [1.82, 2.24) is 30.2 Å². The summed E-state index contributed by atoms with van der Waals surface area (Å²) in [4.78, 5) is 67.9. The zero-order chi connectivity index (χ0) is 39.7. The van der Waals surface area contributed by atoms with Gasteiger partial charge in [-0.05, 0) is 95.1 Å². The van der Waals surface area contributed by atoms with E-state index in [-0.39, 0.29) is 31.4 Å². The monoisotopic (exact) mass is 806 g/mol. The lowest BCUT2D eigenvalue weighted by Crippen LogP contribution is -2.58. The second kappa shape index (κ2) is 16.4. The Hall–Kier alpha value is -4.47. The number of allylic oxidation sites excluding steroid dienone is 1. The Kier molecular flexibility index (Phi) is 11.3. The molecule has 4 amide bonds. The van der Waals surface area contributed by atoms with Gasteiger partial charge in [-0.25, -0.2) is 23.2 Å². The minimum Gasteiger partial charge on any atom is -0.497 e. The van der Waals surface area contributed by atoms with E-state index in [1.165, 1.54) is 4.90 Å². The molecular weight excluding hydrogens is 753 g/mol. The van der Waals surface area contributed by atoms with Crippen LogP contribution < -0.4 is 24.8 Å². The second-order valence-electron chi connectivity index (χ2n) is 16.8. The first-order valence-corrected chi connectivity index (χ1v) is 22.4. The lowest BCUT2D eigenvalue weighted by Gasteiger charge is -2.30. The van der Waals surface area contributed by atoms with Crippen LogP contribution in [0.3, 0.4) is 0 Å². The fourth-order valence-electron chi connectivity index (χ4n) is 9.12. The number of sulfonamides is 1. The first-order valence-electron chi connectivity index (χ1n) is 20.9. The van der Waals surface area contributed by atoms with Crippen LogP contribution in [-0.4, -0.2) is 95.8 Å². The first-order chi connectivity index (χ1) is 27.5. The molecule has 7 atom stereocenters. The molecule has 1 saturated heterocycles. The predicted octanol–water partition coefficient (Wildman–Crippen LogP) is 4.37. The van der Waals surface area contributed by atoms with Crippen LogP contribution in [0.5, 0.6) is 11.6 Å². The number of amides is 4. The van der Waals surface area contributed by atoms with Crippen molar-refractivity contribution >= 4 is 44.9 Å². The number of methoxy groups -OCH3 is 1. The number of benzene rings is 1. The van der Waals surface area contributed by atoms with Crippen LogP contribution >= 0.6 is 0 Å². The van der Waals surface area contributed by atoms with Crippen LogP contribution in [0.25, 0.3) is 11.0 Å². The Bertz CT molecular complexity index is 2020. The third-order valence-electron chi connectivity index (χ3n) is 12.7. The van der Waals surface area contributed by atoms with E-state index in [0.29, 0.717) is 66.9 Å². The molecular formula is C41H54N6O9S. The van der Waals surface area contributed by atoms with Crippen LogP contribution in [0.15, 0.2) is 30.4 Å². The number of nitrogens with zero attached hydrogens (tertiary/aromatic N) is 3. The van der Waals surface area contributed by atoms with Crippen molar-refractivity contribution in [3.8, 4) is 11.6 Å². The molecule has 6 aliphatic rings. The van der Waals surface area contributed by atoms with Gasteiger partial charge in [-0.1, -0.05) is 37.8 Å². The van der Waals surface area contributed by atoms with Crippen molar-refractivity contribution in [3.05, 3.63) is 36.0 Å². The highest BCUT2D eigenvalue weighted by atomic mass is 32.2. The summed E-state index contributed by atoms with van der Waals surface area (Å²) in [5.74, 6) is -1.08. The summed E-state index contributed by atoms with van der Waals surface area (Å²) in [6.45, 7) is 0.00466. The van der Waals surface area contributed by atoms with Gasteiger partial charge in [0.25, 0.3) is 5.91 Å². The second-order valence-corrected chi connectivity index (χ2v) is 18.7. The molecule has 1 aromatic heterocycles. The molecule has 0 spiro atoms. The number of ether oxygens (including phenoxy) is 3. The molecule has 4 heterocycles. The predicted molar refractivity (Wildman–Crippen MR) is 209 cm³/mol. The molecule has 4 fully saturated rings. The van der Waals surface area contributed by atoms with Gasteiger partial charge in [0.15, 0.2) is 0 Å². The number of hydrogen-bond donors (Lipinski definition) is 3. The first kappa shape index (κ1) is 39.4. The number of hydrogen-bond acceptors (Lipinski definition) is 11. The quantitative estimate of drug-likeness (QED) is 0.372. The van der Waals surface area contributed by atoms with E-state index in [0.717, 1.165) is 57.8 Å². The van der Waals surface area contributed by atoms with Crippen LogP contribution in [0.4, 0.5) is 4.79 Å². The standard InChI is InChI=1S/C41H54N6O9S/c1-54-27-17-20-30-33(21-27)43-37-31(42-30)14-9-5-6-11-25-12-10-16-35(25)56-40(51)44-32-15-8-4-2-3-7-13-26-23-41(26,39(50)46-57(52,53)29-18-19-29)45-36(48)34-22-28(55-37)24-47(34)38(32)49/h7,13,17,20-21,25-26,28-29,32,34-35H,2-6,8-12,14-16,18-19,22-24H2,1H3,(H,44,51)(H,45,48)(H,46,50)/b13-7-. The van der Waals surface area contributed by atoms with Gasteiger partial charge >= 0.3 is 6.09 Å². The highest BCUT2D eigenvalue weighted by molar-refractivity contribution is 7.91. The zero-order valence-electron chi connectivity index (χ0n) is 32.6. The van der Waals surface area contributed by atoms with Gasteiger partial charge in [-0.2, -0.15) is 0 Å². The molecule has 308 valence electrons. The molecule has 3 aliphatic carbocycles. The van der Waals surface area contributed by atoms with E-state index in [2.05, 4.69) is 15.4 Å². The molecule has 8 rings (SSSR count). The topological polar surface area (TPSA) is 195 Å². The zero-order valence-corrected chi connectivity index (χ0v) is 33.4. The van der Waals surface area contributed by atoms with E-state index in [9.17, 15) is 27.6 Å². The molecule has 3 aliphatic heterocycles. The van der Waals surface area contributed by atoms with Crippen LogP contribution in [0.2, 0.25) is 0 Å². The van der Waals surface area contributed by atoms with Crippen molar-refractivity contribution in [2.75, 3.05) is 13.7 Å². The summed E-state index contributed by atoms with van der Waals surface area (Å²) >= 11 is 0. The fourth-order valence-corrected chi connectivity index (χ4v) is 10.5. The van der Waals surface area contributed by atoms with E-state index < -0.39 is 68.7 Å². The number of carbonyl (C=O) groups excluding carboxylic acids is 4. The van der Waals surface area contributed by atoms with Gasteiger partial charge in [0.05, 0.1) is 29.9 Å². The Morgan fingerprint density at radius 3 is 2.58 bits per heavy atom. The Balaban J connectivity index is 1.14. The molecule has 16 heteroatoms. The lowest BCUT2D eigenvalue weighted by molar-refractivity contribution is -0.141. The summed E-state index contributed by atoms with van der Waals surface area (Å²) in [6.07, 6.45) is 13.8. The smallest absolute Gasteiger partial charge is 0.408 e. The average molecular weight is 807 g/mol. The van der Waals surface area contributed by atoms with Crippen LogP contribution in [0, 0.1) is 11.8 Å². The minimum absolute atomic E-state index is 0.00466. The van der Waals surface area contributed by atoms with Crippen molar-refractivity contribution < 1.29 is 41.8 Å². The molecule has 3 N–H and O–H groups in total. The van der Waals surface area contributed by atoms with Crippen molar-refractivity contribution in [1.29, 1.82) is 0 Å². The van der Waals surface area contributed by atoms with Gasteiger partial charge < -0.3 is 29.7 Å². The number of carbonyl (C=O) groups is 4. The number of nitrogens with one attached hydrogen (secondary N) is 3. The molecule has 7 unspecified atom stereocenters. The summed E-state index contributed by atoms with van der Waals surface area (Å²) in [6, 6.07) is 3.42. The van der Waals surface area contributed by atoms with E-state index in [1.807, 2.05) is 24.3 Å². The summed E-state index contributed by atoms with van der Waals surface area (Å²) in [5.41, 5.74) is 0.458. The van der Waals surface area contributed by atoms with Crippen LogP contribution in [0.1, 0.15) is 108 Å². The Labute approximate surface area is 333 Å². The highest BCUT2D eigenvalue weighted by Crippen LogP contribution is 2.46. The van der Waals surface area contributed by atoms with Crippen molar-refractivity contribution in [2.45, 2.75) is 144 Å². The summed E-state index contributed by atoms with van der Waals surface area (Å²) in [5, 5.41) is 5.18. The number of rotatable bonds is 4. The average Bonchev–Trinajstić information content (AvgIpc) is 4.08. The molecule has 3 saturated carbocycles. The molecule has 2 aromatic rings. The Morgan fingerprint density at radius 1 is 0.947 bits per heavy atom. The third kappa shape index (κ3) is 8.70. The van der Waals surface area contributed by atoms with E-state index in [4.69, 9.17) is 24.2 Å². The molecule has 15 nitrogen and oxygen atoms in total. The third-order valence-corrected chi connectivity index (χ3v) is 14.5. The van der Waals surface area contributed by atoms with Crippen LogP contribution in [-0.2, 0) is 35.6 Å². The molecule has 0 radical (unpaired) electrons. The Morgan fingerprint density at radius 2 is 1.75 bits per heavy atom. The maximum atomic E-state index is 14.7. The van der Waals surface area contributed by atoms with Gasteiger partial charge in [-0.3, -0.25) is 19.1 Å². The SMILES string of the molecule is COc1ccc2nc3c(nc2c1)OC1CC2C(=O)NC4(C(=O)NS(=O)(=O)C5CC5)CC4/C=C\CCCCCC(NC(=O)OC4CCCC4CCCCC3)C(=O)N2C1. The maximum absolute atomic E-state index is 14.7. The number of alkyl carbamates (subject to hydrolysis) is 1. The van der Waals surface area contributed by atoms with Gasteiger partial charge in [0.1, 0.15) is 41.3 Å². The molecule has 57 heavy (non-hydrogen) atoms. The van der Waals surface area contributed by atoms with Gasteiger partial charge in [-0.15, -0.1) is 0 Å². The van der Waals surface area contributed by atoms with Crippen molar-refractivity contribution in [2.24, 2.45) is 11.8 Å². The lowest BCUT2D eigenvalue weighted by atomic mass is 9.97. The summed E-state index contributed by atoms with van der Waals surface area (Å²) in [7, 11) is -2.31. The molecule has 1 aromatic carbocycles. The summed E-state index contributed by atoms with van der Waals surface area (Å²) < 4.78 is 46.1. The number of fused-ring (bicyclic) bond motifs is 6. The minimum atomic E-state index is -3.89. The maximum Gasteiger partial charge on any atom is 0.408 e. The normalized spacial score (nSPS) is 32.0.